The Labute approximate surface area is 119 Å². The molecule has 2 heterocycles. The molecule has 7 heteroatoms. The zero-order valence-corrected chi connectivity index (χ0v) is 12.2. The highest BCUT2D eigenvalue weighted by molar-refractivity contribution is 5.87. The van der Waals surface area contributed by atoms with Gasteiger partial charge < -0.3 is 25.2 Å². The van der Waals surface area contributed by atoms with E-state index in [4.69, 9.17) is 4.74 Å². The number of rotatable bonds is 2. The van der Waals surface area contributed by atoms with Crippen molar-refractivity contribution in [3.63, 3.8) is 0 Å². The van der Waals surface area contributed by atoms with Gasteiger partial charge in [-0.2, -0.15) is 0 Å². The van der Waals surface area contributed by atoms with Gasteiger partial charge in [-0.15, -0.1) is 0 Å². The largest absolute Gasteiger partial charge is 0.377 e. The Kier molecular flexibility index (Phi) is 5.19. The second-order valence-corrected chi connectivity index (χ2v) is 5.47. The lowest BCUT2D eigenvalue weighted by molar-refractivity contribution is -0.131. The van der Waals surface area contributed by atoms with Crippen LogP contribution in [0.1, 0.15) is 13.8 Å². The van der Waals surface area contributed by atoms with Gasteiger partial charge >= 0.3 is 6.03 Å². The number of ether oxygens (including phenoxy) is 1. The molecule has 20 heavy (non-hydrogen) atoms. The molecule has 1 atom stereocenters. The van der Waals surface area contributed by atoms with E-state index < -0.39 is 6.04 Å². The minimum atomic E-state index is -0.520. The van der Waals surface area contributed by atoms with E-state index in [1.165, 1.54) is 0 Å². The standard InChI is InChI=1S/C13H24N4O3/c1-10(2)15-12(18)11-9-20-8-7-17(11)13(19)16-5-3-14-4-6-16/h10-11,14H,3-9H2,1-2H3,(H,15,18). The van der Waals surface area contributed by atoms with Gasteiger partial charge in [0.2, 0.25) is 5.91 Å². The predicted molar refractivity (Wildman–Crippen MR) is 74.4 cm³/mol. The van der Waals surface area contributed by atoms with Crippen molar-refractivity contribution in [2.45, 2.75) is 25.9 Å². The van der Waals surface area contributed by atoms with Crippen LogP contribution in [0.5, 0.6) is 0 Å². The number of nitrogens with zero attached hydrogens (tertiary/aromatic N) is 2. The summed E-state index contributed by atoms with van der Waals surface area (Å²) >= 11 is 0. The first-order chi connectivity index (χ1) is 9.59. The fraction of sp³-hybridized carbons (Fsp3) is 0.846. The van der Waals surface area contributed by atoms with Gasteiger partial charge in [-0.3, -0.25) is 4.79 Å². The lowest BCUT2D eigenvalue weighted by Crippen LogP contribution is -2.61. The number of hydrogen-bond acceptors (Lipinski definition) is 4. The second-order valence-electron chi connectivity index (χ2n) is 5.47. The number of piperazine rings is 1. The number of nitrogens with one attached hydrogen (secondary N) is 2. The second kappa shape index (κ2) is 6.90. The van der Waals surface area contributed by atoms with E-state index in [0.717, 1.165) is 13.1 Å². The average molecular weight is 284 g/mol. The Bertz CT molecular complexity index is 356. The van der Waals surface area contributed by atoms with Crippen molar-refractivity contribution in [3.8, 4) is 0 Å². The van der Waals surface area contributed by atoms with Crippen molar-refractivity contribution >= 4 is 11.9 Å². The molecule has 0 saturated carbocycles. The Morgan fingerprint density at radius 1 is 1.25 bits per heavy atom. The number of carbonyl (C=O) groups excluding carboxylic acids is 2. The Hall–Kier alpha value is -1.34. The number of urea groups is 1. The normalized spacial score (nSPS) is 23.9. The number of amides is 3. The van der Waals surface area contributed by atoms with Crippen molar-refractivity contribution in [2.75, 3.05) is 45.9 Å². The minimum Gasteiger partial charge on any atom is -0.377 e. The molecule has 114 valence electrons. The van der Waals surface area contributed by atoms with Crippen LogP contribution in [0.25, 0.3) is 0 Å². The Morgan fingerprint density at radius 3 is 2.60 bits per heavy atom. The summed E-state index contributed by atoms with van der Waals surface area (Å²) in [5.41, 5.74) is 0. The molecule has 2 aliphatic rings. The van der Waals surface area contributed by atoms with Crippen molar-refractivity contribution in [1.82, 2.24) is 20.4 Å². The van der Waals surface area contributed by atoms with E-state index in [2.05, 4.69) is 10.6 Å². The van der Waals surface area contributed by atoms with E-state index in [1.807, 2.05) is 13.8 Å². The third-order valence-corrected chi connectivity index (χ3v) is 3.50. The fourth-order valence-corrected chi connectivity index (χ4v) is 2.47. The first-order valence-corrected chi connectivity index (χ1v) is 7.24. The fourth-order valence-electron chi connectivity index (χ4n) is 2.47. The molecule has 0 bridgehead atoms. The maximum absolute atomic E-state index is 12.5. The summed E-state index contributed by atoms with van der Waals surface area (Å²) < 4.78 is 5.37. The summed E-state index contributed by atoms with van der Waals surface area (Å²) in [4.78, 5) is 28.2. The Morgan fingerprint density at radius 2 is 1.95 bits per heavy atom. The monoisotopic (exact) mass is 284 g/mol. The molecular formula is C13H24N4O3. The smallest absolute Gasteiger partial charge is 0.320 e. The van der Waals surface area contributed by atoms with Gasteiger partial charge in [0.15, 0.2) is 0 Å². The van der Waals surface area contributed by atoms with Crippen LogP contribution in [-0.2, 0) is 9.53 Å². The molecular weight excluding hydrogens is 260 g/mol. The van der Waals surface area contributed by atoms with E-state index in [1.54, 1.807) is 9.80 Å². The van der Waals surface area contributed by atoms with Crippen molar-refractivity contribution in [3.05, 3.63) is 0 Å². The number of morpholine rings is 1. The van der Waals surface area contributed by atoms with Crippen LogP contribution in [0.4, 0.5) is 4.79 Å². The van der Waals surface area contributed by atoms with Gasteiger partial charge in [0.05, 0.1) is 13.2 Å². The summed E-state index contributed by atoms with van der Waals surface area (Å²) in [7, 11) is 0. The summed E-state index contributed by atoms with van der Waals surface area (Å²) in [6, 6.07) is -0.521. The van der Waals surface area contributed by atoms with Crippen LogP contribution in [0.3, 0.4) is 0 Å². The summed E-state index contributed by atoms with van der Waals surface area (Å²) in [5, 5.41) is 6.07. The Balaban J connectivity index is 2.01. The molecule has 2 fully saturated rings. The molecule has 7 nitrogen and oxygen atoms in total. The number of hydrogen-bond donors (Lipinski definition) is 2. The lowest BCUT2D eigenvalue weighted by atomic mass is 10.2. The zero-order chi connectivity index (χ0) is 14.5. The van der Waals surface area contributed by atoms with Crippen molar-refractivity contribution in [2.24, 2.45) is 0 Å². The van der Waals surface area contributed by atoms with E-state index in [0.29, 0.717) is 26.2 Å². The molecule has 0 aliphatic carbocycles. The quantitative estimate of drug-likeness (QED) is 0.699. The van der Waals surface area contributed by atoms with E-state index in [-0.39, 0.29) is 24.6 Å². The van der Waals surface area contributed by atoms with Crippen molar-refractivity contribution in [1.29, 1.82) is 0 Å². The molecule has 3 amide bonds. The lowest BCUT2D eigenvalue weighted by Gasteiger charge is -2.39. The van der Waals surface area contributed by atoms with Crippen molar-refractivity contribution < 1.29 is 14.3 Å². The van der Waals surface area contributed by atoms with Crippen LogP contribution in [0, 0.1) is 0 Å². The molecule has 0 radical (unpaired) electrons. The first kappa shape index (κ1) is 15.1. The van der Waals surface area contributed by atoms with Gasteiger partial charge in [-0.25, -0.2) is 4.79 Å². The minimum absolute atomic E-state index is 0.0561. The third kappa shape index (κ3) is 3.61. The maximum Gasteiger partial charge on any atom is 0.320 e. The van der Waals surface area contributed by atoms with Crippen LogP contribution < -0.4 is 10.6 Å². The molecule has 2 rings (SSSR count). The van der Waals surface area contributed by atoms with Crippen LogP contribution in [-0.4, -0.2) is 79.8 Å². The van der Waals surface area contributed by atoms with Crippen LogP contribution >= 0.6 is 0 Å². The molecule has 0 aromatic heterocycles. The topological polar surface area (TPSA) is 73.9 Å². The molecule has 0 aromatic rings. The van der Waals surface area contributed by atoms with E-state index in [9.17, 15) is 9.59 Å². The van der Waals surface area contributed by atoms with Gasteiger partial charge in [0.1, 0.15) is 6.04 Å². The molecule has 1 unspecified atom stereocenters. The van der Waals surface area contributed by atoms with Gasteiger partial charge in [0.25, 0.3) is 0 Å². The summed E-state index contributed by atoms with van der Waals surface area (Å²) in [6.07, 6.45) is 0. The van der Waals surface area contributed by atoms with E-state index >= 15 is 0 Å². The first-order valence-electron chi connectivity index (χ1n) is 7.24. The van der Waals surface area contributed by atoms with Crippen LogP contribution in [0.2, 0.25) is 0 Å². The third-order valence-electron chi connectivity index (χ3n) is 3.50. The highest BCUT2D eigenvalue weighted by Gasteiger charge is 2.35. The summed E-state index contributed by atoms with van der Waals surface area (Å²) in [5.74, 6) is -0.136. The molecule has 0 aromatic carbocycles. The highest BCUT2D eigenvalue weighted by atomic mass is 16.5. The zero-order valence-electron chi connectivity index (χ0n) is 12.2. The molecule has 2 saturated heterocycles. The van der Waals surface area contributed by atoms with Crippen LogP contribution in [0.15, 0.2) is 0 Å². The summed E-state index contributed by atoms with van der Waals surface area (Å²) in [6.45, 7) is 8.04. The number of carbonyl (C=O) groups is 2. The van der Waals surface area contributed by atoms with Gasteiger partial charge in [-0.1, -0.05) is 0 Å². The highest BCUT2D eigenvalue weighted by Crippen LogP contribution is 2.11. The maximum atomic E-state index is 12.5. The molecule has 2 aliphatic heterocycles. The predicted octanol–water partition coefficient (Wildman–Crippen LogP) is -0.763. The molecule has 0 spiro atoms. The molecule has 2 N–H and O–H groups in total. The van der Waals surface area contributed by atoms with Gasteiger partial charge in [-0.05, 0) is 13.8 Å². The van der Waals surface area contributed by atoms with Gasteiger partial charge in [0, 0.05) is 38.8 Å². The average Bonchev–Trinajstić information content (AvgIpc) is 2.46. The SMILES string of the molecule is CC(C)NC(=O)C1COCCN1C(=O)N1CCNCC1.